The predicted molar refractivity (Wildman–Crippen MR) is 46.4 cm³/mol. The molecule has 0 amide bonds. The zero-order valence-corrected chi connectivity index (χ0v) is 8.23. The highest BCUT2D eigenvalue weighted by atomic mass is 32.2. The first-order valence-corrected chi connectivity index (χ1v) is 5.66. The molecule has 1 N–H and O–H groups in total. The van der Waals surface area contributed by atoms with Gasteiger partial charge < -0.3 is 4.74 Å². The second-order valence-electron chi connectivity index (χ2n) is 3.30. The van der Waals surface area contributed by atoms with E-state index in [4.69, 9.17) is 4.74 Å². The van der Waals surface area contributed by atoms with E-state index in [2.05, 4.69) is 4.72 Å². The van der Waals surface area contributed by atoms with E-state index in [0.717, 1.165) is 0 Å². The van der Waals surface area contributed by atoms with Crippen LogP contribution in [0.5, 0.6) is 0 Å². The van der Waals surface area contributed by atoms with Crippen molar-refractivity contribution in [3.05, 3.63) is 0 Å². The number of hydrogen-bond donors (Lipinski definition) is 1. The third-order valence-corrected chi connectivity index (χ3v) is 3.78. The van der Waals surface area contributed by atoms with E-state index in [0.29, 0.717) is 19.6 Å². The zero-order valence-electron chi connectivity index (χ0n) is 7.41. The van der Waals surface area contributed by atoms with Gasteiger partial charge in [-0.05, 0) is 20.3 Å². The quantitative estimate of drug-likeness (QED) is 0.691. The molecule has 1 atom stereocenters. The minimum atomic E-state index is -3.13. The predicted octanol–water partition coefficient (Wildman–Crippen LogP) is 0.103. The molecule has 1 rings (SSSR count). The molecule has 1 fully saturated rings. The molecule has 0 radical (unpaired) electrons. The molecule has 1 aliphatic heterocycles. The Kier molecular flexibility index (Phi) is 3.09. The maximum atomic E-state index is 11.5. The third kappa shape index (κ3) is 2.43. The molecule has 12 heavy (non-hydrogen) atoms. The highest BCUT2D eigenvalue weighted by Crippen LogP contribution is 2.12. The normalized spacial score (nSPS) is 25.1. The summed E-state index contributed by atoms with van der Waals surface area (Å²) in [6.45, 7) is 4.52. The van der Waals surface area contributed by atoms with Gasteiger partial charge in [-0.25, -0.2) is 13.1 Å². The molecule has 5 heteroatoms. The van der Waals surface area contributed by atoms with Crippen molar-refractivity contribution in [2.75, 3.05) is 13.2 Å². The first-order valence-electron chi connectivity index (χ1n) is 4.11. The van der Waals surface area contributed by atoms with E-state index in [9.17, 15) is 8.42 Å². The van der Waals surface area contributed by atoms with Crippen LogP contribution in [0.2, 0.25) is 0 Å². The smallest absolute Gasteiger partial charge is 0.217 e. The van der Waals surface area contributed by atoms with Gasteiger partial charge in [0.1, 0.15) is 5.25 Å². The summed E-state index contributed by atoms with van der Waals surface area (Å²) < 4.78 is 30.5. The molecule has 0 bridgehead atoms. The molecule has 0 aliphatic carbocycles. The van der Waals surface area contributed by atoms with Gasteiger partial charge >= 0.3 is 0 Å². The van der Waals surface area contributed by atoms with E-state index in [-0.39, 0.29) is 11.3 Å². The molecule has 4 nitrogen and oxygen atoms in total. The van der Waals surface area contributed by atoms with Crippen molar-refractivity contribution in [2.24, 2.45) is 0 Å². The van der Waals surface area contributed by atoms with Gasteiger partial charge in [-0.2, -0.15) is 0 Å². The van der Waals surface area contributed by atoms with Crippen molar-refractivity contribution in [1.82, 2.24) is 4.72 Å². The Morgan fingerprint density at radius 2 is 2.17 bits per heavy atom. The Hall–Kier alpha value is -0.130. The van der Waals surface area contributed by atoms with Crippen LogP contribution in [0.1, 0.15) is 20.3 Å². The van der Waals surface area contributed by atoms with Crippen LogP contribution in [0.4, 0.5) is 0 Å². The van der Waals surface area contributed by atoms with Crippen LogP contribution in [0.3, 0.4) is 0 Å². The Bertz CT molecular complexity index is 229. The summed E-state index contributed by atoms with van der Waals surface area (Å²) in [5.41, 5.74) is 0. The van der Waals surface area contributed by atoms with Crippen molar-refractivity contribution >= 4 is 10.0 Å². The second kappa shape index (κ2) is 3.72. The lowest BCUT2D eigenvalue weighted by Crippen LogP contribution is -2.38. The van der Waals surface area contributed by atoms with Crippen LogP contribution in [0, 0.1) is 0 Å². The third-order valence-electron chi connectivity index (χ3n) is 1.73. The van der Waals surface area contributed by atoms with E-state index >= 15 is 0 Å². The summed E-state index contributed by atoms with van der Waals surface area (Å²) in [7, 11) is -3.13. The Balaban J connectivity index is 2.58. The molecule has 1 heterocycles. The van der Waals surface area contributed by atoms with Crippen LogP contribution >= 0.6 is 0 Å². The standard InChI is InChI=1S/C7H15NO3S/c1-6(2)8-12(9,10)7-3-4-11-5-7/h6-8H,3-5H2,1-2H3. The minimum absolute atomic E-state index is 0.0319. The molecule has 1 saturated heterocycles. The van der Waals surface area contributed by atoms with Gasteiger partial charge in [0.25, 0.3) is 0 Å². The van der Waals surface area contributed by atoms with E-state index in [1.165, 1.54) is 0 Å². The van der Waals surface area contributed by atoms with Crippen molar-refractivity contribution in [3.63, 3.8) is 0 Å². The molecule has 72 valence electrons. The van der Waals surface area contributed by atoms with E-state index < -0.39 is 10.0 Å². The van der Waals surface area contributed by atoms with Gasteiger partial charge in [-0.3, -0.25) is 0 Å². The van der Waals surface area contributed by atoms with Crippen molar-refractivity contribution in [2.45, 2.75) is 31.6 Å². The van der Waals surface area contributed by atoms with Crippen molar-refractivity contribution in [1.29, 1.82) is 0 Å². The fourth-order valence-electron chi connectivity index (χ4n) is 1.18. The molecule has 1 unspecified atom stereocenters. The molecule has 0 aromatic carbocycles. The molecular formula is C7H15NO3S. The first kappa shape index (κ1) is 9.95. The molecule has 0 spiro atoms. The fourth-order valence-corrected chi connectivity index (χ4v) is 2.71. The largest absolute Gasteiger partial charge is 0.380 e. The summed E-state index contributed by atoms with van der Waals surface area (Å²) >= 11 is 0. The Morgan fingerprint density at radius 1 is 1.50 bits per heavy atom. The number of rotatable bonds is 3. The van der Waals surface area contributed by atoms with Crippen LogP contribution in [-0.2, 0) is 14.8 Å². The average molecular weight is 193 g/mol. The SMILES string of the molecule is CC(C)NS(=O)(=O)C1CCOC1. The van der Waals surface area contributed by atoms with Gasteiger partial charge in [0.2, 0.25) is 10.0 Å². The zero-order chi connectivity index (χ0) is 9.19. The second-order valence-corrected chi connectivity index (χ2v) is 5.30. The Morgan fingerprint density at radius 3 is 2.58 bits per heavy atom. The number of hydrogen-bond acceptors (Lipinski definition) is 3. The van der Waals surface area contributed by atoms with Crippen LogP contribution in [0.15, 0.2) is 0 Å². The lowest BCUT2D eigenvalue weighted by atomic mass is 10.4. The molecular weight excluding hydrogens is 178 g/mol. The number of nitrogens with one attached hydrogen (secondary N) is 1. The summed E-state index contributed by atoms with van der Waals surface area (Å²) in [5.74, 6) is 0. The van der Waals surface area contributed by atoms with Crippen LogP contribution in [-0.4, -0.2) is 32.9 Å². The summed E-state index contributed by atoms with van der Waals surface area (Å²) in [6.07, 6.45) is 0.613. The van der Waals surface area contributed by atoms with Gasteiger partial charge in [0.05, 0.1) is 6.61 Å². The lowest BCUT2D eigenvalue weighted by Gasteiger charge is -2.13. The van der Waals surface area contributed by atoms with Crippen LogP contribution < -0.4 is 4.72 Å². The van der Waals surface area contributed by atoms with Gasteiger partial charge in [-0.15, -0.1) is 0 Å². The first-order chi connectivity index (χ1) is 5.52. The van der Waals surface area contributed by atoms with Gasteiger partial charge in [0, 0.05) is 12.6 Å². The summed E-state index contributed by atoms with van der Waals surface area (Å²) in [4.78, 5) is 0. The number of ether oxygens (including phenoxy) is 1. The van der Waals surface area contributed by atoms with Gasteiger partial charge in [0.15, 0.2) is 0 Å². The molecule has 0 aromatic heterocycles. The maximum Gasteiger partial charge on any atom is 0.217 e. The highest BCUT2D eigenvalue weighted by Gasteiger charge is 2.29. The maximum absolute atomic E-state index is 11.5. The molecule has 0 aromatic rings. The molecule has 0 saturated carbocycles. The van der Waals surface area contributed by atoms with E-state index in [1.807, 2.05) is 13.8 Å². The topological polar surface area (TPSA) is 55.4 Å². The lowest BCUT2D eigenvalue weighted by molar-refractivity contribution is 0.198. The Labute approximate surface area is 73.3 Å². The molecule has 1 aliphatic rings. The van der Waals surface area contributed by atoms with Crippen molar-refractivity contribution in [3.8, 4) is 0 Å². The van der Waals surface area contributed by atoms with Crippen molar-refractivity contribution < 1.29 is 13.2 Å². The fraction of sp³-hybridized carbons (Fsp3) is 1.00. The summed E-state index contributed by atoms with van der Waals surface area (Å²) in [5, 5.41) is -0.347. The van der Waals surface area contributed by atoms with E-state index in [1.54, 1.807) is 0 Å². The summed E-state index contributed by atoms with van der Waals surface area (Å²) in [6, 6.07) is -0.0319. The minimum Gasteiger partial charge on any atom is -0.380 e. The van der Waals surface area contributed by atoms with Crippen LogP contribution in [0.25, 0.3) is 0 Å². The highest BCUT2D eigenvalue weighted by molar-refractivity contribution is 7.90. The van der Waals surface area contributed by atoms with Gasteiger partial charge in [-0.1, -0.05) is 0 Å². The number of sulfonamides is 1. The monoisotopic (exact) mass is 193 g/mol. The average Bonchev–Trinajstić information content (AvgIpc) is 2.32.